The van der Waals surface area contributed by atoms with Crippen LogP contribution in [0.15, 0.2) is 0 Å². The van der Waals surface area contributed by atoms with E-state index in [9.17, 15) is 9.18 Å². The molecule has 12 heavy (non-hydrogen) atoms. The van der Waals surface area contributed by atoms with E-state index in [1.165, 1.54) is 7.11 Å². The van der Waals surface area contributed by atoms with Gasteiger partial charge >= 0.3 is 5.97 Å². The smallest absolute Gasteiger partial charge is 0.305 e. The zero-order chi connectivity index (χ0) is 8.97. The Balaban J connectivity index is 2.33. The zero-order valence-corrected chi connectivity index (χ0v) is 7.90. The molecule has 0 aromatic carbocycles. The minimum absolute atomic E-state index is 0.112. The first-order valence-electron chi connectivity index (χ1n) is 4.02. The van der Waals surface area contributed by atoms with Crippen LogP contribution in [0.25, 0.3) is 0 Å². The second-order valence-corrected chi connectivity index (χ2v) is 4.07. The van der Waals surface area contributed by atoms with Gasteiger partial charge in [-0.25, -0.2) is 4.39 Å². The number of hydrogen-bond donors (Lipinski definition) is 0. The highest BCUT2D eigenvalue weighted by atomic mass is 32.2. The Bertz CT molecular complexity index is 163. The minimum Gasteiger partial charge on any atom is -0.469 e. The SMILES string of the molecule is COC(=O)C[C@@H]1CCSC[C@H]1F. The van der Waals surface area contributed by atoms with Gasteiger partial charge < -0.3 is 4.74 Å². The van der Waals surface area contributed by atoms with Crippen molar-refractivity contribution in [3.05, 3.63) is 0 Å². The number of alkyl halides is 1. The van der Waals surface area contributed by atoms with Crippen molar-refractivity contribution in [1.82, 2.24) is 0 Å². The lowest BCUT2D eigenvalue weighted by Gasteiger charge is -2.24. The van der Waals surface area contributed by atoms with Crippen molar-refractivity contribution in [2.24, 2.45) is 5.92 Å². The number of thioether (sulfide) groups is 1. The van der Waals surface area contributed by atoms with Gasteiger partial charge in [0.05, 0.1) is 13.5 Å². The number of halogens is 1. The first-order valence-corrected chi connectivity index (χ1v) is 5.18. The Hall–Kier alpha value is -0.250. The molecule has 1 saturated heterocycles. The minimum atomic E-state index is -0.831. The first kappa shape index (κ1) is 9.84. The lowest BCUT2D eigenvalue weighted by molar-refractivity contribution is -0.142. The molecule has 0 radical (unpaired) electrons. The van der Waals surface area contributed by atoms with E-state index < -0.39 is 6.17 Å². The summed E-state index contributed by atoms with van der Waals surface area (Å²) < 4.78 is 17.6. The van der Waals surface area contributed by atoms with Crippen molar-refractivity contribution < 1.29 is 13.9 Å². The number of methoxy groups -OCH3 is 1. The Kier molecular flexibility index (Phi) is 3.85. The van der Waals surface area contributed by atoms with E-state index in [4.69, 9.17) is 0 Å². The van der Waals surface area contributed by atoms with Crippen molar-refractivity contribution in [2.75, 3.05) is 18.6 Å². The van der Waals surface area contributed by atoms with Crippen molar-refractivity contribution in [3.8, 4) is 0 Å². The molecule has 1 aliphatic heterocycles. The maximum absolute atomic E-state index is 13.1. The van der Waals surface area contributed by atoms with Crippen LogP contribution in [-0.2, 0) is 9.53 Å². The van der Waals surface area contributed by atoms with Crippen LogP contribution in [0, 0.1) is 5.92 Å². The van der Waals surface area contributed by atoms with Gasteiger partial charge in [-0.15, -0.1) is 0 Å². The van der Waals surface area contributed by atoms with Crippen molar-refractivity contribution in [2.45, 2.75) is 19.0 Å². The summed E-state index contributed by atoms with van der Waals surface area (Å²) in [6.45, 7) is 0. The fourth-order valence-electron chi connectivity index (χ4n) is 1.27. The monoisotopic (exact) mass is 192 g/mol. The number of rotatable bonds is 2. The van der Waals surface area contributed by atoms with E-state index in [1.54, 1.807) is 11.8 Å². The number of carbonyl (C=O) groups is 1. The molecule has 2 atom stereocenters. The number of carbonyl (C=O) groups excluding carboxylic acids is 1. The Morgan fingerprint density at radius 1 is 1.75 bits per heavy atom. The number of ether oxygens (including phenoxy) is 1. The van der Waals surface area contributed by atoms with Gasteiger partial charge in [-0.3, -0.25) is 4.79 Å². The molecule has 2 nitrogen and oxygen atoms in total. The van der Waals surface area contributed by atoms with Crippen LogP contribution in [0.1, 0.15) is 12.8 Å². The van der Waals surface area contributed by atoms with Crippen LogP contribution in [-0.4, -0.2) is 30.8 Å². The summed E-state index contributed by atoms with van der Waals surface area (Å²) in [7, 11) is 1.34. The topological polar surface area (TPSA) is 26.3 Å². The highest BCUT2D eigenvalue weighted by molar-refractivity contribution is 7.99. The predicted molar refractivity (Wildman–Crippen MR) is 47.0 cm³/mol. The fourth-order valence-corrected chi connectivity index (χ4v) is 2.41. The molecule has 4 heteroatoms. The third-order valence-corrected chi connectivity index (χ3v) is 3.16. The molecule has 0 N–H and O–H groups in total. The number of esters is 1. The maximum Gasteiger partial charge on any atom is 0.305 e. The van der Waals surface area contributed by atoms with E-state index in [0.29, 0.717) is 5.75 Å². The normalized spacial score (nSPS) is 29.8. The summed E-state index contributed by atoms with van der Waals surface area (Å²) in [4.78, 5) is 10.8. The predicted octanol–water partition coefficient (Wildman–Crippen LogP) is 1.64. The first-order chi connectivity index (χ1) is 5.74. The van der Waals surface area contributed by atoms with Crippen molar-refractivity contribution >= 4 is 17.7 Å². The highest BCUT2D eigenvalue weighted by Crippen LogP contribution is 2.28. The average Bonchev–Trinajstić information content (AvgIpc) is 2.09. The zero-order valence-electron chi connectivity index (χ0n) is 7.09. The summed E-state index contributed by atoms with van der Waals surface area (Å²) in [6.07, 6.45) is 0.196. The molecule has 0 aromatic rings. The summed E-state index contributed by atoms with van der Waals surface area (Å²) >= 11 is 1.61. The van der Waals surface area contributed by atoms with Gasteiger partial charge in [-0.2, -0.15) is 11.8 Å². The van der Waals surface area contributed by atoms with Crippen LogP contribution < -0.4 is 0 Å². The Morgan fingerprint density at radius 2 is 2.50 bits per heavy atom. The van der Waals surface area contributed by atoms with E-state index in [-0.39, 0.29) is 18.3 Å². The molecule has 0 aliphatic carbocycles. The van der Waals surface area contributed by atoms with E-state index >= 15 is 0 Å². The molecule has 0 spiro atoms. The van der Waals surface area contributed by atoms with Gasteiger partial charge in [-0.05, 0) is 12.2 Å². The molecular formula is C8H13FO2S. The van der Waals surface area contributed by atoms with Crippen molar-refractivity contribution in [1.29, 1.82) is 0 Å². The van der Waals surface area contributed by atoms with Crippen LogP contribution >= 0.6 is 11.8 Å². The summed E-state index contributed by atoms with van der Waals surface area (Å²) in [5.41, 5.74) is 0. The second kappa shape index (κ2) is 4.70. The molecule has 0 bridgehead atoms. The largest absolute Gasteiger partial charge is 0.469 e. The molecule has 1 aliphatic rings. The van der Waals surface area contributed by atoms with Gasteiger partial charge in [0.15, 0.2) is 0 Å². The van der Waals surface area contributed by atoms with Crippen molar-refractivity contribution in [3.63, 3.8) is 0 Å². The molecule has 1 fully saturated rings. The van der Waals surface area contributed by atoms with Crippen LogP contribution in [0.3, 0.4) is 0 Å². The lowest BCUT2D eigenvalue weighted by Crippen LogP contribution is -2.26. The van der Waals surface area contributed by atoms with Crippen LogP contribution in [0.5, 0.6) is 0 Å². The quantitative estimate of drug-likeness (QED) is 0.622. The Morgan fingerprint density at radius 3 is 3.08 bits per heavy atom. The molecular weight excluding hydrogens is 179 g/mol. The standard InChI is InChI=1S/C8H13FO2S/c1-11-8(10)4-6-2-3-12-5-7(6)9/h6-7H,2-5H2,1H3/t6-,7+/m0/s1. The van der Waals surface area contributed by atoms with Crippen LogP contribution in [0.4, 0.5) is 4.39 Å². The second-order valence-electron chi connectivity index (χ2n) is 2.92. The van der Waals surface area contributed by atoms with Gasteiger partial charge in [0.25, 0.3) is 0 Å². The number of hydrogen-bond acceptors (Lipinski definition) is 3. The van der Waals surface area contributed by atoms with E-state index in [0.717, 1.165) is 12.2 Å². The molecule has 1 rings (SSSR count). The molecule has 1 heterocycles. The average molecular weight is 192 g/mol. The van der Waals surface area contributed by atoms with E-state index in [1.807, 2.05) is 0 Å². The fraction of sp³-hybridized carbons (Fsp3) is 0.875. The third kappa shape index (κ3) is 2.66. The Labute approximate surface area is 75.9 Å². The van der Waals surface area contributed by atoms with Gasteiger partial charge in [0.2, 0.25) is 0 Å². The summed E-state index contributed by atoms with van der Waals surface area (Å²) in [6, 6.07) is 0. The third-order valence-electron chi connectivity index (χ3n) is 2.08. The van der Waals surface area contributed by atoms with Crippen LogP contribution in [0.2, 0.25) is 0 Å². The van der Waals surface area contributed by atoms with Gasteiger partial charge in [0, 0.05) is 11.7 Å². The van der Waals surface area contributed by atoms with Gasteiger partial charge in [-0.1, -0.05) is 0 Å². The summed E-state index contributed by atoms with van der Waals surface area (Å²) in [5.74, 6) is 1.08. The lowest BCUT2D eigenvalue weighted by atomic mass is 9.97. The molecule has 0 amide bonds. The maximum atomic E-state index is 13.1. The van der Waals surface area contributed by atoms with Gasteiger partial charge in [0.1, 0.15) is 6.17 Å². The highest BCUT2D eigenvalue weighted by Gasteiger charge is 2.27. The molecule has 0 aromatic heterocycles. The molecule has 0 unspecified atom stereocenters. The van der Waals surface area contributed by atoms with E-state index in [2.05, 4.69) is 4.74 Å². The summed E-state index contributed by atoms with van der Waals surface area (Å²) in [5, 5.41) is 0. The molecule has 0 saturated carbocycles. The molecule has 70 valence electrons.